The van der Waals surface area contributed by atoms with E-state index >= 15 is 0 Å². The van der Waals surface area contributed by atoms with Gasteiger partial charge in [-0.15, -0.1) is 0 Å². The fourth-order valence-corrected chi connectivity index (χ4v) is 0.692. The van der Waals surface area contributed by atoms with E-state index in [-0.39, 0.29) is 6.61 Å². The zero-order chi connectivity index (χ0) is 8.10. The van der Waals surface area contributed by atoms with E-state index in [1.807, 2.05) is 0 Å². The number of aromatic nitrogens is 2. The van der Waals surface area contributed by atoms with Crippen LogP contribution in [-0.2, 0) is 6.42 Å². The van der Waals surface area contributed by atoms with Gasteiger partial charge in [-0.1, -0.05) is 0 Å². The maximum absolute atomic E-state index is 8.55. The topological polar surface area (TPSA) is 55.2 Å². The SMILES string of the molecule is COc1cnc(CCO)cn1. The summed E-state index contributed by atoms with van der Waals surface area (Å²) < 4.78 is 4.81. The molecule has 0 spiro atoms. The minimum atomic E-state index is 0.0982. The van der Waals surface area contributed by atoms with Crippen LogP contribution < -0.4 is 4.74 Å². The lowest BCUT2D eigenvalue weighted by molar-refractivity contribution is 0.297. The molecule has 1 aromatic heterocycles. The van der Waals surface area contributed by atoms with Crippen molar-refractivity contribution >= 4 is 0 Å². The molecule has 0 unspecified atom stereocenters. The number of nitrogens with zero attached hydrogens (tertiary/aromatic N) is 2. The average Bonchev–Trinajstić information content (AvgIpc) is 2.07. The van der Waals surface area contributed by atoms with Crippen LogP contribution >= 0.6 is 0 Å². The van der Waals surface area contributed by atoms with Gasteiger partial charge < -0.3 is 9.84 Å². The molecular weight excluding hydrogens is 144 g/mol. The molecule has 0 saturated heterocycles. The molecule has 11 heavy (non-hydrogen) atoms. The van der Waals surface area contributed by atoms with E-state index in [9.17, 15) is 0 Å². The van der Waals surface area contributed by atoms with Crippen molar-refractivity contribution in [2.75, 3.05) is 13.7 Å². The first-order valence-corrected chi connectivity index (χ1v) is 3.32. The summed E-state index contributed by atoms with van der Waals surface area (Å²) in [6, 6.07) is 0. The van der Waals surface area contributed by atoms with Gasteiger partial charge in [0.2, 0.25) is 5.88 Å². The first-order valence-electron chi connectivity index (χ1n) is 3.32. The van der Waals surface area contributed by atoms with Gasteiger partial charge in [-0.3, -0.25) is 4.98 Å². The molecule has 4 nitrogen and oxygen atoms in total. The van der Waals surface area contributed by atoms with Crippen LogP contribution in [0.25, 0.3) is 0 Å². The zero-order valence-corrected chi connectivity index (χ0v) is 6.32. The molecule has 0 atom stereocenters. The maximum Gasteiger partial charge on any atom is 0.231 e. The molecule has 1 heterocycles. The van der Waals surface area contributed by atoms with Crippen LogP contribution in [-0.4, -0.2) is 28.8 Å². The maximum atomic E-state index is 8.55. The lowest BCUT2D eigenvalue weighted by Crippen LogP contribution is -1.96. The molecule has 0 bridgehead atoms. The number of ether oxygens (including phenoxy) is 1. The summed E-state index contributed by atoms with van der Waals surface area (Å²) in [4.78, 5) is 7.91. The number of rotatable bonds is 3. The molecule has 0 saturated carbocycles. The summed E-state index contributed by atoms with van der Waals surface area (Å²) in [5.41, 5.74) is 0.772. The number of aliphatic hydroxyl groups is 1. The second-order valence-corrected chi connectivity index (χ2v) is 2.02. The predicted octanol–water partition coefficient (Wildman–Crippen LogP) is 0.0200. The van der Waals surface area contributed by atoms with E-state index in [2.05, 4.69) is 9.97 Å². The molecule has 1 rings (SSSR count). The Balaban J connectivity index is 2.66. The van der Waals surface area contributed by atoms with E-state index in [0.29, 0.717) is 12.3 Å². The third-order valence-corrected chi connectivity index (χ3v) is 1.26. The van der Waals surface area contributed by atoms with Crippen LogP contribution in [0.3, 0.4) is 0 Å². The van der Waals surface area contributed by atoms with Gasteiger partial charge in [0.1, 0.15) is 0 Å². The normalized spacial score (nSPS) is 9.64. The van der Waals surface area contributed by atoms with Crippen molar-refractivity contribution in [1.29, 1.82) is 0 Å². The molecule has 60 valence electrons. The van der Waals surface area contributed by atoms with E-state index in [1.165, 1.54) is 13.3 Å². The summed E-state index contributed by atoms with van der Waals surface area (Å²) in [5.74, 6) is 0.492. The van der Waals surface area contributed by atoms with Crippen molar-refractivity contribution in [3.05, 3.63) is 18.1 Å². The first kappa shape index (κ1) is 7.94. The van der Waals surface area contributed by atoms with Crippen molar-refractivity contribution in [1.82, 2.24) is 9.97 Å². The zero-order valence-electron chi connectivity index (χ0n) is 6.32. The minimum Gasteiger partial charge on any atom is -0.480 e. The van der Waals surface area contributed by atoms with Crippen LogP contribution in [0.2, 0.25) is 0 Å². The predicted molar refractivity (Wildman–Crippen MR) is 39.4 cm³/mol. The van der Waals surface area contributed by atoms with Gasteiger partial charge in [0.05, 0.1) is 25.2 Å². The fourth-order valence-electron chi connectivity index (χ4n) is 0.692. The molecule has 0 radical (unpaired) electrons. The van der Waals surface area contributed by atoms with Crippen molar-refractivity contribution in [3.63, 3.8) is 0 Å². The molecule has 0 aliphatic carbocycles. The number of hydrogen-bond acceptors (Lipinski definition) is 4. The monoisotopic (exact) mass is 154 g/mol. The summed E-state index contributed by atoms with van der Waals surface area (Å²) in [7, 11) is 1.54. The van der Waals surface area contributed by atoms with Gasteiger partial charge in [-0.2, -0.15) is 0 Å². The van der Waals surface area contributed by atoms with Crippen molar-refractivity contribution in [3.8, 4) is 5.88 Å². The van der Waals surface area contributed by atoms with E-state index in [1.54, 1.807) is 6.20 Å². The van der Waals surface area contributed by atoms with Gasteiger partial charge in [0, 0.05) is 13.0 Å². The number of hydrogen-bond donors (Lipinski definition) is 1. The van der Waals surface area contributed by atoms with Gasteiger partial charge in [0.25, 0.3) is 0 Å². The second kappa shape index (κ2) is 3.88. The van der Waals surface area contributed by atoms with Crippen molar-refractivity contribution in [2.45, 2.75) is 6.42 Å². The van der Waals surface area contributed by atoms with E-state index < -0.39 is 0 Å². The van der Waals surface area contributed by atoms with E-state index in [4.69, 9.17) is 9.84 Å². The molecule has 0 aliphatic rings. The van der Waals surface area contributed by atoms with Crippen molar-refractivity contribution in [2.24, 2.45) is 0 Å². The highest BCUT2D eigenvalue weighted by Gasteiger charge is 1.94. The summed E-state index contributed by atoms with van der Waals surface area (Å²) >= 11 is 0. The Morgan fingerprint density at radius 1 is 1.45 bits per heavy atom. The Morgan fingerprint density at radius 3 is 2.73 bits per heavy atom. The Labute approximate surface area is 64.9 Å². The highest BCUT2D eigenvalue weighted by atomic mass is 16.5. The highest BCUT2D eigenvalue weighted by Crippen LogP contribution is 2.02. The largest absolute Gasteiger partial charge is 0.480 e. The molecule has 0 aliphatic heterocycles. The Morgan fingerprint density at radius 2 is 2.27 bits per heavy atom. The standard InChI is InChI=1S/C7H10N2O2/c1-11-7-5-8-6(2-3-10)4-9-7/h4-5,10H,2-3H2,1H3. The van der Waals surface area contributed by atoms with Gasteiger partial charge >= 0.3 is 0 Å². The molecule has 4 heteroatoms. The molecule has 0 amide bonds. The summed E-state index contributed by atoms with van der Waals surface area (Å²) in [6.45, 7) is 0.0982. The van der Waals surface area contributed by atoms with Gasteiger partial charge in [-0.25, -0.2) is 4.98 Å². The average molecular weight is 154 g/mol. The smallest absolute Gasteiger partial charge is 0.231 e. The van der Waals surface area contributed by atoms with Crippen LogP contribution in [0.4, 0.5) is 0 Å². The lowest BCUT2D eigenvalue weighted by Gasteiger charge is -1.98. The molecular formula is C7H10N2O2. The first-order chi connectivity index (χ1) is 5.36. The van der Waals surface area contributed by atoms with Gasteiger partial charge in [-0.05, 0) is 0 Å². The van der Waals surface area contributed by atoms with E-state index in [0.717, 1.165) is 5.69 Å². The third kappa shape index (κ3) is 2.16. The van der Waals surface area contributed by atoms with Crippen LogP contribution in [0.1, 0.15) is 5.69 Å². The Bertz CT molecular complexity index is 210. The van der Waals surface area contributed by atoms with Crippen molar-refractivity contribution < 1.29 is 9.84 Å². The second-order valence-electron chi connectivity index (χ2n) is 2.02. The summed E-state index contributed by atoms with van der Waals surface area (Å²) in [6.07, 6.45) is 3.66. The third-order valence-electron chi connectivity index (χ3n) is 1.26. The molecule has 0 fully saturated rings. The fraction of sp³-hybridized carbons (Fsp3) is 0.429. The van der Waals surface area contributed by atoms with Crippen LogP contribution in [0.15, 0.2) is 12.4 Å². The Kier molecular flexibility index (Phi) is 2.80. The van der Waals surface area contributed by atoms with Crippen LogP contribution in [0.5, 0.6) is 5.88 Å². The highest BCUT2D eigenvalue weighted by molar-refractivity contribution is 5.06. The lowest BCUT2D eigenvalue weighted by atomic mass is 10.3. The minimum absolute atomic E-state index is 0.0982. The quantitative estimate of drug-likeness (QED) is 0.666. The molecule has 1 N–H and O–H groups in total. The van der Waals surface area contributed by atoms with Gasteiger partial charge in [0.15, 0.2) is 0 Å². The Hall–Kier alpha value is -1.16. The number of aliphatic hydroxyl groups excluding tert-OH is 1. The van der Waals surface area contributed by atoms with Crippen LogP contribution in [0, 0.1) is 0 Å². The summed E-state index contributed by atoms with van der Waals surface area (Å²) in [5, 5.41) is 8.55. The number of methoxy groups -OCH3 is 1. The molecule has 0 aromatic carbocycles. The molecule has 1 aromatic rings.